The normalized spacial score (nSPS) is 24.9. The van der Waals surface area contributed by atoms with Gasteiger partial charge in [-0.25, -0.2) is 13.2 Å². The number of piperidine rings is 1. The molecule has 0 aliphatic carbocycles. The second-order valence-electron chi connectivity index (χ2n) is 7.05. The highest BCUT2D eigenvalue weighted by atomic mass is 32.2. The number of hydrogen-bond acceptors (Lipinski definition) is 7. The van der Waals surface area contributed by atoms with Crippen LogP contribution in [-0.2, 0) is 14.8 Å². The fraction of sp³-hybridized carbons (Fsp3) is 0.500. The maximum atomic E-state index is 13.5. The number of esters is 1. The summed E-state index contributed by atoms with van der Waals surface area (Å²) in [5.74, 6) is -0.381. The number of hydrogen-bond donors (Lipinski definition) is 0. The quantitative estimate of drug-likeness (QED) is 0.695. The van der Waals surface area contributed by atoms with Gasteiger partial charge in [0.05, 0.1) is 38.2 Å². The van der Waals surface area contributed by atoms with Gasteiger partial charge >= 0.3 is 5.97 Å². The Hall–Kier alpha value is -2.46. The number of ether oxygens (including phenoxy) is 2. The van der Waals surface area contributed by atoms with Crippen molar-refractivity contribution in [3.05, 3.63) is 36.2 Å². The molecule has 2 atom stereocenters. The predicted molar refractivity (Wildman–Crippen MR) is 98.5 cm³/mol. The van der Waals surface area contributed by atoms with E-state index in [4.69, 9.17) is 9.47 Å². The first-order chi connectivity index (χ1) is 13.5. The summed E-state index contributed by atoms with van der Waals surface area (Å²) in [4.78, 5) is 13.6. The van der Waals surface area contributed by atoms with Crippen LogP contribution in [0.1, 0.15) is 42.1 Å². The molecular formula is C18H22N4O5S. The number of aromatic nitrogens is 3. The lowest BCUT2D eigenvalue weighted by atomic mass is 10.0. The Labute approximate surface area is 163 Å². The molecule has 0 radical (unpaired) electrons. The molecule has 2 fully saturated rings. The average molecular weight is 406 g/mol. The molecule has 2 aromatic rings. The van der Waals surface area contributed by atoms with Crippen molar-refractivity contribution < 1.29 is 22.7 Å². The first-order valence-electron chi connectivity index (χ1n) is 9.11. The molecular weight excluding hydrogens is 384 g/mol. The van der Waals surface area contributed by atoms with E-state index in [2.05, 4.69) is 10.2 Å². The lowest BCUT2D eigenvalue weighted by Gasteiger charge is -2.37. The number of carbonyl (C=O) groups excluding carboxylic acids is 1. The lowest BCUT2D eigenvalue weighted by Crippen LogP contribution is -2.47. The van der Waals surface area contributed by atoms with Crippen LogP contribution in [0.2, 0.25) is 0 Å². The van der Waals surface area contributed by atoms with Gasteiger partial charge in [-0.2, -0.15) is 19.3 Å². The topological polar surface area (TPSA) is 104 Å². The summed E-state index contributed by atoms with van der Waals surface area (Å²) in [6, 6.07) is 4.13. The van der Waals surface area contributed by atoms with Crippen molar-refractivity contribution in [3.63, 3.8) is 0 Å². The molecule has 1 aromatic carbocycles. The average Bonchev–Trinajstić information content (AvgIpc) is 3.34. The van der Waals surface area contributed by atoms with Crippen LogP contribution in [0, 0.1) is 0 Å². The summed E-state index contributed by atoms with van der Waals surface area (Å²) >= 11 is 0. The predicted octanol–water partition coefficient (Wildman–Crippen LogP) is 1.63. The Morgan fingerprint density at radius 2 is 1.71 bits per heavy atom. The third kappa shape index (κ3) is 3.06. The molecule has 2 bridgehead atoms. The number of methoxy groups -OCH3 is 2. The Bertz CT molecular complexity index is 962. The highest BCUT2D eigenvalue weighted by molar-refractivity contribution is 7.89. The largest absolute Gasteiger partial charge is 0.495 e. The first kappa shape index (κ1) is 18.9. The van der Waals surface area contributed by atoms with E-state index in [0.29, 0.717) is 12.8 Å². The summed E-state index contributed by atoms with van der Waals surface area (Å²) in [5, 5.41) is 8.43. The number of carbonyl (C=O) groups is 1. The first-order valence-corrected chi connectivity index (χ1v) is 10.6. The summed E-state index contributed by atoms with van der Waals surface area (Å²) in [5.41, 5.74) is 0.171. The second-order valence-corrected chi connectivity index (χ2v) is 8.86. The van der Waals surface area contributed by atoms with E-state index in [-0.39, 0.29) is 34.3 Å². The Morgan fingerprint density at radius 1 is 1.07 bits per heavy atom. The highest BCUT2D eigenvalue weighted by Crippen LogP contribution is 2.44. The zero-order valence-electron chi connectivity index (χ0n) is 15.7. The van der Waals surface area contributed by atoms with Crippen LogP contribution in [0.5, 0.6) is 5.75 Å². The van der Waals surface area contributed by atoms with E-state index in [1.807, 2.05) is 0 Å². The Morgan fingerprint density at radius 3 is 2.29 bits per heavy atom. The van der Waals surface area contributed by atoms with E-state index in [1.165, 1.54) is 32.4 Å². The van der Waals surface area contributed by atoms with Crippen molar-refractivity contribution in [2.75, 3.05) is 14.2 Å². The minimum atomic E-state index is -3.85. The molecule has 0 saturated carbocycles. The van der Waals surface area contributed by atoms with E-state index in [0.717, 1.165) is 12.8 Å². The second kappa shape index (κ2) is 7.17. The van der Waals surface area contributed by atoms with E-state index in [1.54, 1.807) is 21.5 Å². The van der Waals surface area contributed by atoms with Crippen LogP contribution in [0.25, 0.3) is 0 Å². The van der Waals surface area contributed by atoms with Crippen LogP contribution in [0.3, 0.4) is 0 Å². The van der Waals surface area contributed by atoms with Crippen LogP contribution < -0.4 is 4.74 Å². The molecule has 1 aromatic heterocycles. The number of sulfonamides is 1. The number of fused-ring (bicyclic) bond motifs is 2. The lowest BCUT2D eigenvalue weighted by molar-refractivity contribution is 0.0600. The molecule has 9 nitrogen and oxygen atoms in total. The third-order valence-corrected chi connectivity index (χ3v) is 7.57. The van der Waals surface area contributed by atoms with Gasteiger partial charge in [0.1, 0.15) is 10.6 Å². The smallest absolute Gasteiger partial charge is 0.337 e. The van der Waals surface area contributed by atoms with Gasteiger partial charge in [-0.3, -0.25) is 0 Å². The molecule has 3 heterocycles. The summed E-state index contributed by atoms with van der Waals surface area (Å²) in [6.45, 7) is 0. The van der Waals surface area contributed by atoms with Crippen LogP contribution in [0.15, 0.2) is 35.5 Å². The summed E-state index contributed by atoms with van der Waals surface area (Å²) < 4.78 is 38.7. The van der Waals surface area contributed by atoms with E-state index >= 15 is 0 Å². The third-order valence-electron chi connectivity index (χ3n) is 5.54. The van der Waals surface area contributed by atoms with Gasteiger partial charge in [-0.15, -0.1) is 0 Å². The fourth-order valence-corrected chi connectivity index (χ4v) is 6.41. The van der Waals surface area contributed by atoms with E-state index < -0.39 is 16.0 Å². The molecule has 10 heteroatoms. The van der Waals surface area contributed by atoms with Crippen molar-refractivity contribution >= 4 is 16.0 Å². The van der Waals surface area contributed by atoms with Crippen LogP contribution in [0.4, 0.5) is 0 Å². The van der Waals surface area contributed by atoms with E-state index in [9.17, 15) is 13.2 Å². The summed E-state index contributed by atoms with van der Waals surface area (Å²) in [6.07, 6.45) is 6.16. The van der Waals surface area contributed by atoms with Crippen LogP contribution >= 0.6 is 0 Å². The minimum absolute atomic E-state index is 0.00883. The molecule has 4 rings (SSSR count). The maximum absolute atomic E-state index is 13.5. The Balaban J connectivity index is 1.69. The molecule has 2 aliphatic rings. The van der Waals surface area contributed by atoms with Gasteiger partial charge in [0.15, 0.2) is 0 Å². The van der Waals surface area contributed by atoms with Gasteiger partial charge in [-0.1, -0.05) is 0 Å². The highest BCUT2D eigenvalue weighted by Gasteiger charge is 2.48. The van der Waals surface area contributed by atoms with Gasteiger partial charge in [0.2, 0.25) is 10.0 Å². The zero-order chi connectivity index (χ0) is 19.9. The number of benzene rings is 1. The van der Waals surface area contributed by atoms with Gasteiger partial charge < -0.3 is 9.47 Å². The number of nitrogens with zero attached hydrogens (tertiary/aromatic N) is 4. The maximum Gasteiger partial charge on any atom is 0.337 e. The SMILES string of the molecule is COC(=O)c1ccc(OC)c(S(=O)(=O)N2C3CCC2CC(n2nccn2)C3)c1. The minimum Gasteiger partial charge on any atom is -0.495 e. The van der Waals surface area contributed by atoms with Crippen molar-refractivity contribution in [2.45, 2.75) is 48.7 Å². The molecule has 0 spiro atoms. The van der Waals surface area contributed by atoms with Gasteiger partial charge in [0, 0.05) is 12.1 Å². The standard InChI is InChI=1S/C18H22N4O5S/c1-26-16-6-3-12(18(23)27-2)9-17(16)28(24,25)21-13-4-5-14(21)11-15(10-13)22-19-7-8-20-22/h3,6-9,13-15H,4-5,10-11H2,1-2H3. The van der Waals surface area contributed by atoms with Crippen molar-refractivity contribution in [3.8, 4) is 5.75 Å². The Kier molecular flexibility index (Phi) is 4.84. The van der Waals surface area contributed by atoms with Crippen molar-refractivity contribution in [1.82, 2.24) is 19.3 Å². The van der Waals surface area contributed by atoms with Gasteiger partial charge in [0.25, 0.3) is 0 Å². The summed E-state index contributed by atoms with van der Waals surface area (Å²) in [7, 11) is -1.17. The zero-order valence-corrected chi connectivity index (χ0v) is 16.5. The van der Waals surface area contributed by atoms with Crippen molar-refractivity contribution in [2.24, 2.45) is 0 Å². The molecule has 2 unspecified atom stereocenters. The monoisotopic (exact) mass is 406 g/mol. The molecule has 0 amide bonds. The van der Waals surface area contributed by atoms with Crippen LogP contribution in [-0.4, -0.2) is 60.0 Å². The molecule has 2 aliphatic heterocycles. The van der Waals surface area contributed by atoms with Gasteiger partial charge in [-0.05, 0) is 43.9 Å². The molecule has 28 heavy (non-hydrogen) atoms. The molecule has 0 N–H and O–H groups in total. The molecule has 150 valence electrons. The number of rotatable bonds is 5. The molecule has 2 saturated heterocycles. The fourth-order valence-electron chi connectivity index (χ4n) is 4.34. The van der Waals surface area contributed by atoms with Crippen molar-refractivity contribution in [1.29, 1.82) is 0 Å².